The Hall–Kier alpha value is -3.23. The summed E-state index contributed by atoms with van der Waals surface area (Å²) in [5.74, 6) is 0. The van der Waals surface area contributed by atoms with Crippen molar-refractivity contribution in [2.24, 2.45) is 0 Å². The van der Waals surface area contributed by atoms with Crippen LogP contribution in [-0.4, -0.2) is 4.98 Å². The second-order valence-electron chi connectivity index (χ2n) is 7.08. The van der Waals surface area contributed by atoms with Crippen molar-refractivity contribution >= 4 is 22.7 Å². The van der Waals surface area contributed by atoms with Gasteiger partial charge in [-0.05, 0) is 22.8 Å². The van der Waals surface area contributed by atoms with Crippen LogP contribution in [0.2, 0.25) is 0 Å². The van der Waals surface area contributed by atoms with E-state index in [0.29, 0.717) is 0 Å². The van der Waals surface area contributed by atoms with Gasteiger partial charge in [-0.3, -0.25) is 0 Å². The van der Waals surface area contributed by atoms with Crippen molar-refractivity contribution < 1.29 is 0 Å². The van der Waals surface area contributed by atoms with Crippen LogP contribution in [0, 0.1) is 0 Å². The third-order valence-electron chi connectivity index (χ3n) is 5.36. The second kappa shape index (κ2) is 7.65. The van der Waals surface area contributed by atoms with Gasteiger partial charge < -0.3 is 4.98 Å². The molecule has 1 N–H and O–H groups in total. The molecule has 0 aliphatic carbocycles. The first kappa shape index (κ1) is 17.8. The van der Waals surface area contributed by atoms with Crippen molar-refractivity contribution in [2.75, 3.05) is 0 Å². The van der Waals surface area contributed by atoms with Crippen molar-refractivity contribution in [3.8, 4) is 0 Å². The van der Waals surface area contributed by atoms with E-state index in [-0.39, 0.29) is 4.75 Å². The Labute approximate surface area is 175 Å². The highest BCUT2D eigenvalue weighted by atomic mass is 32.2. The second-order valence-corrected chi connectivity index (χ2v) is 8.34. The standard InChI is InChI=1S/C27H21NS/c1-4-12-21(13-5-1)27(22-14-6-2-7-15-22,23-16-8-3-9-17-23)29-26-20-28-25-19-11-10-18-24(25)26/h1-20,28H. The summed E-state index contributed by atoms with van der Waals surface area (Å²) in [7, 11) is 0. The van der Waals surface area contributed by atoms with E-state index < -0.39 is 0 Å². The van der Waals surface area contributed by atoms with Gasteiger partial charge >= 0.3 is 0 Å². The number of aromatic nitrogens is 1. The Morgan fingerprint density at radius 3 is 1.48 bits per heavy atom. The molecule has 0 saturated heterocycles. The molecule has 1 heterocycles. The van der Waals surface area contributed by atoms with Gasteiger partial charge in [0.15, 0.2) is 0 Å². The van der Waals surface area contributed by atoms with E-state index in [0.717, 1.165) is 5.52 Å². The number of H-pyrrole nitrogens is 1. The minimum Gasteiger partial charge on any atom is -0.360 e. The normalized spacial score (nSPS) is 11.6. The maximum absolute atomic E-state index is 3.44. The quantitative estimate of drug-likeness (QED) is 0.246. The summed E-state index contributed by atoms with van der Waals surface area (Å²) < 4.78 is -0.352. The van der Waals surface area contributed by atoms with Gasteiger partial charge in [0.05, 0.1) is 4.75 Å². The van der Waals surface area contributed by atoms with E-state index in [2.05, 4.69) is 126 Å². The average molecular weight is 392 g/mol. The molecule has 0 bridgehead atoms. The molecule has 0 spiro atoms. The van der Waals surface area contributed by atoms with E-state index in [1.54, 1.807) is 0 Å². The Morgan fingerprint density at radius 1 is 0.517 bits per heavy atom. The molecule has 5 aromatic rings. The molecule has 2 heteroatoms. The zero-order chi connectivity index (χ0) is 19.5. The molecule has 0 aliphatic heterocycles. The first-order valence-corrected chi connectivity index (χ1v) is 10.6. The van der Waals surface area contributed by atoms with Crippen LogP contribution in [0.5, 0.6) is 0 Å². The molecule has 0 radical (unpaired) electrons. The Balaban J connectivity index is 1.80. The molecule has 0 amide bonds. The predicted molar refractivity (Wildman–Crippen MR) is 123 cm³/mol. The van der Waals surface area contributed by atoms with Crippen LogP contribution in [0.15, 0.2) is 126 Å². The van der Waals surface area contributed by atoms with E-state index in [4.69, 9.17) is 0 Å². The summed E-state index contributed by atoms with van der Waals surface area (Å²) in [6.45, 7) is 0. The van der Waals surface area contributed by atoms with E-state index >= 15 is 0 Å². The summed E-state index contributed by atoms with van der Waals surface area (Å²) >= 11 is 1.90. The van der Waals surface area contributed by atoms with Gasteiger partial charge in [0.25, 0.3) is 0 Å². The molecule has 0 aliphatic rings. The number of thioether (sulfide) groups is 1. The molecule has 140 valence electrons. The van der Waals surface area contributed by atoms with Gasteiger partial charge in [-0.15, -0.1) is 11.8 Å². The van der Waals surface area contributed by atoms with Crippen LogP contribution in [0.4, 0.5) is 0 Å². The Morgan fingerprint density at radius 2 is 0.966 bits per heavy atom. The highest BCUT2D eigenvalue weighted by Gasteiger charge is 2.38. The molecular weight excluding hydrogens is 370 g/mol. The Kier molecular flexibility index (Phi) is 4.71. The smallest absolute Gasteiger partial charge is 0.0954 e. The molecule has 29 heavy (non-hydrogen) atoms. The summed E-state index contributed by atoms with van der Waals surface area (Å²) in [6, 6.07) is 41.0. The lowest BCUT2D eigenvalue weighted by molar-refractivity contribution is 0.895. The first-order chi connectivity index (χ1) is 14.4. The highest BCUT2D eigenvalue weighted by molar-refractivity contribution is 8.00. The monoisotopic (exact) mass is 391 g/mol. The van der Waals surface area contributed by atoms with Crippen LogP contribution >= 0.6 is 11.8 Å². The first-order valence-electron chi connectivity index (χ1n) is 9.79. The zero-order valence-corrected chi connectivity index (χ0v) is 16.8. The van der Waals surface area contributed by atoms with Crippen molar-refractivity contribution in [3.05, 3.63) is 138 Å². The molecule has 0 unspecified atom stereocenters. The minimum atomic E-state index is -0.352. The third-order valence-corrected chi connectivity index (χ3v) is 6.93. The molecular formula is C27H21NS. The minimum absolute atomic E-state index is 0.352. The summed E-state index contributed by atoms with van der Waals surface area (Å²) in [5.41, 5.74) is 4.98. The lowest BCUT2D eigenvalue weighted by atomic mass is 9.84. The number of rotatable bonds is 5. The summed E-state index contributed by atoms with van der Waals surface area (Å²) in [5, 5.41) is 1.25. The molecule has 0 atom stereocenters. The predicted octanol–water partition coefficient (Wildman–Crippen LogP) is 7.25. The molecule has 1 aromatic heterocycles. The maximum atomic E-state index is 3.44. The number of fused-ring (bicyclic) bond motifs is 1. The number of para-hydroxylation sites is 1. The number of hydrogen-bond donors (Lipinski definition) is 1. The van der Waals surface area contributed by atoms with Crippen molar-refractivity contribution in [1.29, 1.82) is 0 Å². The number of aromatic amines is 1. The fourth-order valence-corrected chi connectivity index (χ4v) is 5.49. The number of hydrogen-bond acceptors (Lipinski definition) is 1. The lowest BCUT2D eigenvalue weighted by Crippen LogP contribution is -2.25. The molecule has 5 rings (SSSR count). The molecule has 0 saturated carbocycles. The van der Waals surface area contributed by atoms with Gasteiger partial charge in [-0.2, -0.15) is 0 Å². The van der Waals surface area contributed by atoms with Crippen molar-refractivity contribution in [1.82, 2.24) is 4.98 Å². The zero-order valence-electron chi connectivity index (χ0n) is 16.0. The van der Waals surface area contributed by atoms with Gasteiger partial charge in [-0.25, -0.2) is 0 Å². The van der Waals surface area contributed by atoms with Crippen LogP contribution < -0.4 is 0 Å². The number of benzene rings is 4. The highest BCUT2D eigenvalue weighted by Crippen LogP contribution is 2.52. The van der Waals surface area contributed by atoms with Crippen LogP contribution in [0.25, 0.3) is 10.9 Å². The van der Waals surface area contributed by atoms with E-state index in [1.165, 1.54) is 27.0 Å². The van der Waals surface area contributed by atoms with Crippen LogP contribution in [-0.2, 0) is 4.75 Å². The van der Waals surface area contributed by atoms with Crippen molar-refractivity contribution in [2.45, 2.75) is 9.64 Å². The molecule has 4 aromatic carbocycles. The topological polar surface area (TPSA) is 15.8 Å². The fourth-order valence-electron chi connectivity index (χ4n) is 3.99. The molecule has 1 nitrogen and oxygen atoms in total. The van der Waals surface area contributed by atoms with Gasteiger partial charge in [0.2, 0.25) is 0 Å². The summed E-state index contributed by atoms with van der Waals surface area (Å²) in [4.78, 5) is 4.69. The van der Waals surface area contributed by atoms with Crippen LogP contribution in [0.3, 0.4) is 0 Å². The van der Waals surface area contributed by atoms with E-state index in [1.807, 2.05) is 11.8 Å². The summed E-state index contributed by atoms with van der Waals surface area (Å²) in [6.07, 6.45) is 2.14. The van der Waals surface area contributed by atoms with Gasteiger partial charge in [0, 0.05) is 22.0 Å². The fraction of sp³-hybridized carbons (Fsp3) is 0.0370. The van der Waals surface area contributed by atoms with Crippen molar-refractivity contribution in [3.63, 3.8) is 0 Å². The maximum Gasteiger partial charge on any atom is 0.0954 e. The Bertz CT molecular complexity index is 1110. The average Bonchev–Trinajstić information content (AvgIpc) is 3.22. The van der Waals surface area contributed by atoms with E-state index in [9.17, 15) is 0 Å². The SMILES string of the molecule is c1ccc(C(Sc2c[nH]c3ccccc23)(c2ccccc2)c2ccccc2)cc1. The third kappa shape index (κ3) is 3.16. The lowest BCUT2D eigenvalue weighted by Gasteiger charge is -2.35. The number of nitrogens with one attached hydrogen (secondary N) is 1. The largest absolute Gasteiger partial charge is 0.360 e. The van der Waals surface area contributed by atoms with Crippen LogP contribution in [0.1, 0.15) is 16.7 Å². The molecule has 0 fully saturated rings. The van der Waals surface area contributed by atoms with Gasteiger partial charge in [0.1, 0.15) is 0 Å². The van der Waals surface area contributed by atoms with Gasteiger partial charge in [-0.1, -0.05) is 109 Å².